The van der Waals surface area contributed by atoms with Crippen molar-refractivity contribution in [2.24, 2.45) is 0 Å². The minimum atomic E-state index is -0.567. The summed E-state index contributed by atoms with van der Waals surface area (Å²) in [5.74, 6) is 1.24. The Labute approximate surface area is 203 Å². The van der Waals surface area contributed by atoms with Crippen LogP contribution in [0.25, 0.3) is 0 Å². The second kappa shape index (κ2) is 12.4. The van der Waals surface area contributed by atoms with E-state index in [0.717, 1.165) is 23.5 Å². The molecule has 0 unspecified atom stereocenters. The number of anilines is 1. The van der Waals surface area contributed by atoms with Gasteiger partial charge in [0.1, 0.15) is 11.8 Å². The number of nitrogens with one attached hydrogen (secondary N) is 2. The maximum Gasteiger partial charge on any atom is 0.269 e. The molecule has 3 rings (SSSR count). The van der Waals surface area contributed by atoms with Gasteiger partial charge in [-0.3, -0.25) is 19.7 Å². The predicted molar refractivity (Wildman–Crippen MR) is 133 cm³/mol. The molecule has 1 fully saturated rings. The zero-order valence-electron chi connectivity index (χ0n) is 19.4. The van der Waals surface area contributed by atoms with Crippen LogP contribution in [0.5, 0.6) is 5.75 Å². The Morgan fingerprint density at radius 2 is 1.91 bits per heavy atom. The molecule has 1 aliphatic heterocycles. The second-order valence-electron chi connectivity index (χ2n) is 8.05. The largest absolute Gasteiger partial charge is 0.497 e. The zero-order chi connectivity index (χ0) is 24.5. The lowest BCUT2D eigenvalue weighted by molar-refractivity contribution is -0.384. The van der Waals surface area contributed by atoms with E-state index < -0.39 is 17.0 Å². The lowest BCUT2D eigenvalue weighted by Crippen LogP contribution is -2.51. The molecule has 0 aromatic heterocycles. The second-order valence-corrected chi connectivity index (χ2v) is 9.03. The number of benzene rings is 2. The molecule has 0 aliphatic carbocycles. The van der Waals surface area contributed by atoms with Gasteiger partial charge in [0.25, 0.3) is 5.69 Å². The van der Waals surface area contributed by atoms with Crippen molar-refractivity contribution in [1.82, 2.24) is 10.2 Å². The van der Waals surface area contributed by atoms with Crippen molar-refractivity contribution >= 4 is 35.0 Å². The Morgan fingerprint density at radius 1 is 1.21 bits per heavy atom. The normalized spacial score (nSPS) is 16.2. The van der Waals surface area contributed by atoms with Crippen LogP contribution in [0.4, 0.5) is 11.4 Å². The van der Waals surface area contributed by atoms with Crippen molar-refractivity contribution in [3.8, 4) is 5.75 Å². The van der Waals surface area contributed by atoms with E-state index in [1.54, 1.807) is 23.8 Å². The van der Waals surface area contributed by atoms with Crippen molar-refractivity contribution in [2.45, 2.75) is 37.9 Å². The van der Waals surface area contributed by atoms with Gasteiger partial charge >= 0.3 is 0 Å². The SMILES string of the molecule is COc1ccc(CN[C@@H](CCSC)C(=O)N2CCC[C@H]2C(=O)Nc2ccc([N+](=O)[O-])cc2)cc1. The van der Waals surface area contributed by atoms with Crippen LogP contribution < -0.4 is 15.4 Å². The molecule has 2 N–H and O–H groups in total. The van der Waals surface area contributed by atoms with Gasteiger partial charge < -0.3 is 20.3 Å². The third-order valence-electron chi connectivity index (χ3n) is 5.80. The molecular formula is C24H30N4O5S. The highest BCUT2D eigenvalue weighted by Crippen LogP contribution is 2.22. The first-order valence-electron chi connectivity index (χ1n) is 11.1. The number of hydrogen-bond donors (Lipinski definition) is 2. The number of nitrogens with zero attached hydrogens (tertiary/aromatic N) is 2. The average molecular weight is 487 g/mol. The zero-order valence-corrected chi connectivity index (χ0v) is 20.2. The Morgan fingerprint density at radius 3 is 2.53 bits per heavy atom. The smallest absolute Gasteiger partial charge is 0.269 e. The molecule has 10 heteroatoms. The van der Waals surface area contributed by atoms with Gasteiger partial charge in [0.15, 0.2) is 0 Å². The van der Waals surface area contributed by atoms with Crippen molar-refractivity contribution in [3.05, 3.63) is 64.2 Å². The molecule has 0 spiro atoms. The topological polar surface area (TPSA) is 114 Å². The van der Waals surface area contributed by atoms with Gasteiger partial charge in [-0.05, 0) is 61.1 Å². The fourth-order valence-electron chi connectivity index (χ4n) is 3.93. The number of non-ortho nitro benzene ring substituents is 1. The number of ether oxygens (including phenoxy) is 1. The van der Waals surface area contributed by atoms with Crippen LogP contribution in [0.15, 0.2) is 48.5 Å². The number of carbonyl (C=O) groups excluding carboxylic acids is 2. The molecule has 1 saturated heterocycles. The molecule has 34 heavy (non-hydrogen) atoms. The predicted octanol–water partition coefficient (Wildman–Crippen LogP) is 3.44. The van der Waals surface area contributed by atoms with E-state index in [1.807, 2.05) is 30.5 Å². The lowest BCUT2D eigenvalue weighted by Gasteiger charge is -2.29. The van der Waals surface area contributed by atoms with Crippen molar-refractivity contribution in [3.63, 3.8) is 0 Å². The number of carbonyl (C=O) groups is 2. The first kappa shape index (κ1) is 25.5. The molecule has 1 heterocycles. The number of hydrogen-bond acceptors (Lipinski definition) is 7. The summed E-state index contributed by atoms with van der Waals surface area (Å²) < 4.78 is 5.19. The highest BCUT2D eigenvalue weighted by molar-refractivity contribution is 7.98. The van der Waals surface area contributed by atoms with Crippen LogP contribution >= 0.6 is 11.8 Å². The fraction of sp³-hybridized carbons (Fsp3) is 0.417. The van der Waals surface area contributed by atoms with E-state index in [4.69, 9.17) is 4.74 Å². The number of nitro groups is 1. The van der Waals surface area contributed by atoms with Crippen LogP contribution in [-0.2, 0) is 16.1 Å². The van der Waals surface area contributed by atoms with E-state index in [1.165, 1.54) is 24.3 Å². The molecule has 182 valence electrons. The standard InChI is InChI=1S/C24H30N4O5S/c1-33-20-11-5-17(6-12-20)16-25-21(13-15-34-2)24(30)27-14-3-4-22(27)23(29)26-18-7-9-19(10-8-18)28(31)32/h5-12,21-22,25H,3-4,13-16H2,1-2H3,(H,26,29)/t21-,22-/m0/s1. The molecule has 9 nitrogen and oxygen atoms in total. The third kappa shape index (κ3) is 6.71. The third-order valence-corrected chi connectivity index (χ3v) is 6.45. The molecule has 2 atom stereocenters. The first-order valence-corrected chi connectivity index (χ1v) is 12.5. The summed E-state index contributed by atoms with van der Waals surface area (Å²) in [7, 11) is 1.62. The number of thioether (sulfide) groups is 1. The summed E-state index contributed by atoms with van der Waals surface area (Å²) in [6.07, 6.45) is 3.99. The summed E-state index contributed by atoms with van der Waals surface area (Å²) in [5.41, 5.74) is 1.46. The molecule has 0 radical (unpaired) electrons. The van der Waals surface area contributed by atoms with Crippen molar-refractivity contribution < 1.29 is 19.2 Å². The minimum Gasteiger partial charge on any atom is -0.497 e. The maximum absolute atomic E-state index is 13.4. The quantitative estimate of drug-likeness (QED) is 0.369. The number of rotatable bonds is 11. The van der Waals surface area contributed by atoms with Gasteiger partial charge in [-0.15, -0.1) is 0 Å². The van der Waals surface area contributed by atoms with Gasteiger partial charge in [-0.25, -0.2) is 0 Å². The molecule has 2 amide bonds. The summed E-state index contributed by atoms with van der Waals surface area (Å²) in [6, 6.07) is 12.4. The average Bonchev–Trinajstić information content (AvgIpc) is 3.34. The lowest BCUT2D eigenvalue weighted by atomic mass is 10.1. The van der Waals surface area contributed by atoms with Gasteiger partial charge in [0.2, 0.25) is 11.8 Å². The van der Waals surface area contributed by atoms with Gasteiger partial charge in [-0.1, -0.05) is 12.1 Å². The van der Waals surface area contributed by atoms with Crippen LogP contribution in [0.2, 0.25) is 0 Å². The molecule has 0 saturated carbocycles. The van der Waals surface area contributed by atoms with Crippen molar-refractivity contribution in [1.29, 1.82) is 0 Å². The van der Waals surface area contributed by atoms with E-state index in [9.17, 15) is 19.7 Å². The number of methoxy groups -OCH3 is 1. The molecule has 1 aliphatic rings. The maximum atomic E-state index is 13.4. The highest BCUT2D eigenvalue weighted by atomic mass is 32.2. The minimum absolute atomic E-state index is 0.0461. The van der Waals surface area contributed by atoms with Gasteiger partial charge in [0, 0.05) is 30.9 Å². The van der Waals surface area contributed by atoms with E-state index in [0.29, 0.717) is 31.6 Å². The summed E-state index contributed by atoms with van der Waals surface area (Å²) >= 11 is 1.67. The summed E-state index contributed by atoms with van der Waals surface area (Å²) in [5, 5.41) is 17.0. The summed E-state index contributed by atoms with van der Waals surface area (Å²) in [6.45, 7) is 1.06. The van der Waals surface area contributed by atoms with Crippen LogP contribution in [0.1, 0.15) is 24.8 Å². The van der Waals surface area contributed by atoms with E-state index in [2.05, 4.69) is 10.6 Å². The van der Waals surface area contributed by atoms with Crippen LogP contribution in [0.3, 0.4) is 0 Å². The Balaban J connectivity index is 1.65. The molecule has 2 aromatic carbocycles. The van der Waals surface area contributed by atoms with Gasteiger partial charge in [0.05, 0.1) is 18.1 Å². The Hall–Kier alpha value is -3.11. The van der Waals surface area contributed by atoms with Crippen molar-refractivity contribution in [2.75, 3.05) is 31.0 Å². The fourth-order valence-corrected chi connectivity index (χ4v) is 4.40. The number of nitro benzene ring substituents is 1. The molecule has 0 bridgehead atoms. The molecular weight excluding hydrogens is 456 g/mol. The van der Waals surface area contributed by atoms with Gasteiger partial charge in [-0.2, -0.15) is 11.8 Å². The number of likely N-dealkylation sites (tertiary alicyclic amines) is 1. The first-order chi connectivity index (χ1) is 16.4. The molecule has 2 aromatic rings. The van der Waals surface area contributed by atoms with E-state index >= 15 is 0 Å². The summed E-state index contributed by atoms with van der Waals surface area (Å²) in [4.78, 5) is 38.4. The number of amides is 2. The Kier molecular flexibility index (Phi) is 9.29. The highest BCUT2D eigenvalue weighted by Gasteiger charge is 2.37. The monoisotopic (exact) mass is 486 g/mol. The Bertz CT molecular complexity index is 984. The van der Waals surface area contributed by atoms with Crippen LogP contribution in [0, 0.1) is 10.1 Å². The van der Waals surface area contributed by atoms with E-state index in [-0.39, 0.29) is 17.5 Å². The van der Waals surface area contributed by atoms with Crippen LogP contribution in [-0.4, -0.2) is 59.4 Å².